The van der Waals surface area contributed by atoms with Crippen LogP contribution in [-0.4, -0.2) is 31.8 Å². The summed E-state index contributed by atoms with van der Waals surface area (Å²) in [4.78, 5) is 12.5. The van der Waals surface area contributed by atoms with Crippen molar-refractivity contribution in [3.8, 4) is 0 Å². The first-order chi connectivity index (χ1) is 13.9. The lowest BCUT2D eigenvalue weighted by Gasteiger charge is -2.20. The lowest BCUT2D eigenvalue weighted by molar-refractivity contribution is 0.0472. The molecule has 29 heavy (non-hydrogen) atoms. The summed E-state index contributed by atoms with van der Waals surface area (Å²) in [5.41, 5.74) is 2.50. The Balaban J connectivity index is 1.62. The van der Waals surface area contributed by atoms with Crippen molar-refractivity contribution in [3.63, 3.8) is 0 Å². The van der Waals surface area contributed by atoms with Crippen molar-refractivity contribution in [2.75, 3.05) is 13.1 Å². The number of nitrogens with zero attached hydrogens (tertiary/aromatic N) is 1. The Bertz CT molecular complexity index is 910. The molecule has 2 aromatic carbocycles. The van der Waals surface area contributed by atoms with Gasteiger partial charge in [-0.15, -0.1) is 0 Å². The Hall–Kier alpha value is -2.18. The van der Waals surface area contributed by atoms with Crippen molar-refractivity contribution in [2.24, 2.45) is 0 Å². The van der Waals surface area contributed by atoms with Crippen molar-refractivity contribution >= 4 is 16.0 Å². The quantitative estimate of drug-likeness (QED) is 0.640. The topological polar surface area (TPSA) is 63.7 Å². The third kappa shape index (κ3) is 5.46. The summed E-state index contributed by atoms with van der Waals surface area (Å²) < 4.78 is 32.6. The van der Waals surface area contributed by atoms with Crippen molar-refractivity contribution in [3.05, 3.63) is 65.2 Å². The van der Waals surface area contributed by atoms with Gasteiger partial charge in [0.05, 0.1) is 10.5 Å². The summed E-state index contributed by atoms with van der Waals surface area (Å²) in [7, 11) is -3.51. The first kappa shape index (κ1) is 21.5. The summed E-state index contributed by atoms with van der Waals surface area (Å²) in [5.74, 6) is -0.00707. The van der Waals surface area contributed by atoms with Gasteiger partial charge in [0.15, 0.2) is 0 Å². The van der Waals surface area contributed by atoms with Crippen molar-refractivity contribution in [2.45, 2.75) is 57.0 Å². The number of carbonyl (C=O) groups excluding carboxylic acids is 1. The highest BCUT2D eigenvalue weighted by molar-refractivity contribution is 7.89. The maximum absolute atomic E-state index is 12.8. The highest BCUT2D eigenvalue weighted by Crippen LogP contribution is 2.21. The van der Waals surface area contributed by atoms with E-state index in [1.807, 2.05) is 24.3 Å². The van der Waals surface area contributed by atoms with E-state index in [0.717, 1.165) is 31.2 Å². The number of hydrogen-bond acceptors (Lipinski definition) is 4. The Kier molecular flexibility index (Phi) is 7.09. The summed E-state index contributed by atoms with van der Waals surface area (Å²) in [5, 5.41) is 0. The number of hydrogen-bond donors (Lipinski definition) is 0. The molecule has 0 amide bonds. The molecule has 5 nitrogen and oxygen atoms in total. The van der Waals surface area contributed by atoms with E-state index in [1.165, 1.54) is 29.8 Å². The average Bonchev–Trinajstić information content (AvgIpc) is 3.02. The predicted octanol–water partition coefficient (Wildman–Crippen LogP) is 4.73. The van der Waals surface area contributed by atoms with Gasteiger partial charge in [0.1, 0.15) is 6.61 Å². The smallest absolute Gasteiger partial charge is 0.338 e. The van der Waals surface area contributed by atoms with Gasteiger partial charge in [-0.25, -0.2) is 13.2 Å². The Morgan fingerprint density at radius 3 is 2.07 bits per heavy atom. The zero-order valence-corrected chi connectivity index (χ0v) is 18.0. The van der Waals surface area contributed by atoms with Crippen LogP contribution in [0.5, 0.6) is 0 Å². The molecule has 0 atom stereocenters. The number of sulfonamides is 1. The third-order valence-corrected chi connectivity index (χ3v) is 7.22. The molecule has 2 aromatic rings. The average molecular weight is 416 g/mol. The Morgan fingerprint density at radius 1 is 0.931 bits per heavy atom. The number of rotatable bonds is 6. The standard InChI is InChI=1S/C23H29NO4S/c1-18(2)20-9-7-19(8-10-20)17-28-23(25)21-11-13-22(14-12-21)29(26,27)24-15-5-3-4-6-16-24/h7-14,18H,3-6,15-17H2,1-2H3. The van der Waals surface area contributed by atoms with Crippen LogP contribution < -0.4 is 0 Å². The molecule has 1 heterocycles. The number of carbonyl (C=O) groups is 1. The third-order valence-electron chi connectivity index (χ3n) is 5.31. The first-order valence-electron chi connectivity index (χ1n) is 10.2. The van der Waals surface area contributed by atoms with Gasteiger partial charge in [-0.3, -0.25) is 0 Å². The number of benzene rings is 2. The SMILES string of the molecule is CC(C)c1ccc(COC(=O)c2ccc(S(=O)(=O)N3CCCCCC3)cc2)cc1. The van der Waals surface area contributed by atoms with Crippen LogP contribution in [0.15, 0.2) is 53.4 Å². The number of ether oxygens (including phenoxy) is 1. The van der Waals surface area contributed by atoms with Crippen molar-refractivity contribution in [1.29, 1.82) is 0 Å². The van der Waals surface area contributed by atoms with Gasteiger partial charge in [0, 0.05) is 13.1 Å². The summed E-state index contributed by atoms with van der Waals surface area (Å²) in [6, 6.07) is 14.0. The molecule has 1 saturated heterocycles. The van der Waals surface area contributed by atoms with Crippen LogP contribution in [0, 0.1) is 0 Å². The van der Waals surface area contributed by atoms with E-state index in [1.54, 1.807) is 4.31 Å². The monoisotopic (exact) mass is 415 g/mol. The fraction of sp³-hybridized carbons (Fsp3) is 0.435. The second-order valence-corrected chi connectivity index (χ2v) is 9.75. The molecule has 1 aliphatic heterocycles. The molecule has 0 bridgehead atoms. The molecular formula is C23H29NO4S. The summed E-state index contributed by atoms with van der Waals surface area (Å²) >= 11 is 0. The predicted molar refractivity (Wildman–Crippen MR) is 113 cm³/mol. The van der Waals surface area contributed by atoms with Gasteiger partial charge in [-0.2, -0.15) is 4.31 Å². The molecule has 0 aliphatic carbocycles. The van der Waals surface area contributed by atoms with Crippen LogP contribution in [0.4, 0.5) is 0 Å². The molecule has 156 valence electrons. The Morgan fingerprint density at radius 2 is 1.52 bits per heavy atom. The van der Waals surface area contributed by atoms with Crippen molar-refractivity contribution < 1.29 is 17.9 Å². The van der Waals surface area contributed by atoms with E-state index < -0.39 is 16.0 Å². The maximum atomic E-state index is 12.8. The van der Waals surface area contributed by atoms with Crippen LogP contribution in [0.2, 0.25) is 0 Å². The molecular weight excluding hydrogens is 386 g/mol. The van der Waals surface area contributed by atoms with Crippen molar-refractivity contribution in [1.82, 2.24) is 4.31 Å². The highest BCUT2D eigenvalue weighted by atomic mass is 32.2. The van der Waals surface area contributed by atoms with Crippen LogP contribution in [0.3, 0.4) is 0 Å². The van der Waals surface area contributed by atoms with Crippen LogP contribution in [0.25, 0.3) is 0 Å². The van der Waals surface area contributed by atoms with E-state index >= 15 is 0 Å². The maximum Gasteiger partial charge on any atom is 0.338 e. The van der Waals surface area contributed by atoms with Crippen LogP contribution in [0.1, 0.15) is 66.9 Å². The molecule has 6 heteroatoms. The lowest BCUT2D eigenvalue weighted by Crippen LogP contribution is -2.31. The largest absolute Gasteiger partial charge is 0.457 e. The molecule has 3 rings (SSSR count). The second-order valence-electron chi connectivity index (χ2n) is 7.82. The molecule has 1 aliphatic rings. The van der Waals surface area contributed by atoms with Gasteiger partial charge < -0.3 is 4.74 Å². The molecule has 0 unspecified atom stereocenters. The summed E-state index contributed by atoms with van der Waals surface area (Å²) in [6.45, 7) is 5.56. The van der Waals surface area contributed by atoms with E-state index in [4.69, 9.17) is 4.74 Å². The molecule has 0 saturated carbocycles. The minimum absolute atomic E-state index is 0.186. The highest BCUT2D eigenvalue weighted by Gasteiger charge is 2.25. The van der Waals surface area contributed by atoms with E-state index in [0.29, 0.717) is 24.6 Å². The normalized spacial score (nSPS) is 15.8. The fourth-order valence-corrected chi connectivity index (χ4v) is 4.94. The molecule has 1 fully saturated rings. The van der Waals surface area contributed by atoms with Gasteiger partial charge in [-0.1, -0.05) is 51.0 Å². The van der Waals surface area contributed by atoms with E-state index in [9.17, 15) is 13.2 Å². The Labute approximate surface area is 173 Å². The first-order valence-corrected chi connectivity index (χ1v) is 11.7. The summed E-state index contributed by atoms with van der Waals surface area (Å²) in [6.07, 6.45) is 3.91. The van der Waals surface area contributed by atoms with Crippen LogP contribution >= 0.6 is 0 Å². The van der Waals surface area contributed by atoms with Crippen LogP contribution in [-0.2, 0) is 21.4 Å². The minimum atomic E-state index is -3.51. The number of esters is 1. The second kappa shape index (κ2) is 9.55. The zero-order valence-electron chi connectivity index (χ0n) is 17.1. The van der Waals surface area contributed by atoms with E-state index in [2.05, 4.69) is 13.8 Å². The van der Waals surface area contributed by atoms with Gasteiger partial charge >= 0.3 is 5.97 Å². The fourth-order valence-electron chi connectivity index (χ4n) is 3.43. The molecule has 0 radical (unpaired) electrons. The minimum Gasteiger partial charge on any atom is -0.457 e. The molecule has 0 N–H and O–H groups in total. The zero-order chi connectivity index (χ0) is 20.9. The van der Waals surface area contributed by atoms with Gasteiger partial charge in [-0.05, 0) is 54.2 Å². The molecule has 0 aromatic heterocycles. The lowest BCUT2D eigenvalue weighted by atomic mass is 10.0. The van der Waals surface area contributed by atoms with E-state index in [-0.39, 0.29) is 11.5 Å². The van der Waals surface area contributed by atoms with Gasteiger partial charge in [0.25, 0.3) is 0 Å². The molecule has 0 spiro atoms. The van der Waals surface area contributed by atoms with Gasteiger partial charge in [0.2, 0.25) is 10.0 Å².